The molecule has 0 fully saturated rings. The van der Waals surface area contributed by atoms with Crippen LogP contribution in [0.4, 0.5) is 21.9 Å². The molecule has 5 N–H and O–H groups in total. The lowest BCUT2D eigenvalue weighted by atomic mass is 9.98. The highest BCUT2D eigenvalue weighted by molar-refractivity contribution is 5.96. The van der Waals surface area contributed by atoms with Gasteiger partial charge in [0.15, 0.2) is 0 Å². The summed E-state index contributed by atoms with van der Waals surface area (Å²) in [6.07, 6.45) is -0.985. The van der Waals surface area contributed by atoms with Crippen LogP contribution in [0.25, 0.3) is 11.1 Å². The molecule has 1 unspecified atom stereocenters. The van der Waals surface area contributed by atoms with Crippen LogP contribution in [0.5, 0.6) is 0 Å². The van der Waals surface area contributed by atoms with Gasteiger partial charge in [-0.1, -0.05) is 60.7 Å². The molecule has 0 saturated heterocycles. The molecule has 0 saturated carbocycles. The van der Waals surface area contributed by atoms with Crippen molar-refractivity contribution >= 4 is 35.3 Å². The zero-order valence-electron chi connectivity index (χ0n) is 22.0. The third-order valence-electron chi connectivity index (χ3n) is 6.86. The molecule has 0 radical (unpaired) electrons. The van der Waals surface area contributed by atoms with E-state index in [9.17, 15) is 14.7 Å². The number of carbonyl (C=O) groups excluding carboxylic acids is 2. The van der Waals surface area contributed by atoms with Crippen molar-refractivity contribution in [2.45, 2.75) is 18.9 Å². The lowest BCUT2D eigenvalue weighted by Crippen LogP contribution is -2.40. The lowest BCUT2D eigenvalue weighted by Gasteiger charge is -2.16. The van der Waals surface area contributed by atoms with Crippen LogP contribution >= 0.6 is 0 Å². The van der Waals surface area contributed by atoms with Crippen molar-refractivity contribution in [2.24, 2.45) is 0 Å². The Balaban J connectivity index is 1.15. The van der Waals surface area contributed by atoms with Gasteiger partial charge in [0.05, 0.1) is 6.54 Å². The second kappa shape index (κ2) is 11.8. The number of benzene rings is 4. The number of carbonyl (C=O) groups is 2. The summed E-state index contributed by atoms with van der Waals surface area (Å²) in [6, 6.07) is 28.9. The van der Waals surface area contributed by atoms with Crippen LogP contribution in [0.2, 0.25) is 0 Å². The summed E-state index contributed by atoms with van der Waals surface area (Å²) >= 11 is 0. The molecular weight excluding hydrogens is 504 g/mol. The fourth-order valence-electron chi connectivity index (χ4n) is 4.89. The summed E-state index contributed by atoms with van der Waals surface area (Å²) in [7, 11) is 0. The first-order chi connectivity index (χ1) is 19.4. The van der Waals surface area contributed by atoms with Crippen molar-refractivity contribution in [1.29, 1.82) is 5.41 Å². The number of rotatable bonds is 9. The Morgan fingerprint density at radius 3 is 2.30 bits per heavy atom. The fraction of sp³-hybridized carbons (Fsp3) is 0.156. The standard InChI is InChI=1S/C32H30N4O4/c1-20-7-6-8-22(15-20)35-29-16-23(14-13-21(29)17-33)36-31(38)30(37)18-34-32(39)40-19-28-26-11-4-2-9-24(26)25-10-3-5-12-27(25)28/h2-17,28,30,33,35,37H,18-19H2,1H3,(H,34,39)(H,36,38). The number of hydrogen-bond donors (Lipinski definition) is 5. The Hall–Kier alpha value is -4.95. The van der Waals surface area contributed by atoms with Crippen LogP contribution in [0, 0.1) is 12.3 Å². The highest BCUT2D eigenvalue weighted by atomic mass is 16.5. The number of aryl methyl sites for hydroxylation is 1. The number of nitrogens with one attached hydrogen (secondary N) is 4. The summed E-state index contributed by atoms with van der Waals surface area (Å²) in [5.41, 5.74) is 8.09. The van der Waals surface area contributed by atoms with Gasteiger partial charge in [-0.2, -0.15) is 0 Å². The first-order valence-corrected chi connectivity index (χ1v) is 13.0. The second-order valence-electron chi connectivity index (χ2n) is 9.65. The second-order valence-corrected chi connectivity index (χ2v) is 9.65. The van der Waals surface area contributed by atoms with E-state index in [-0.39, 0.29) is 19.1 Å². The van der Waals surface area contributed by atoms with Crippen LogP contribution in [0.1, 0.15) is 28.2 Å². The number of ether oxygens (including phenoxy) is 1. The van der Waals surface area contributed by atoms with Gasteiger partial charge in [0, 0.05) is 34.8 Å². The minimum absolute atomic E-state index is 0.0853. The summed E-state index contributed by atoms with van der Waals surface area (Å²) in [6.45, 7) is 1.81. The SMILES string of the molecule is Cc1cccc(Nc2cc(NC(=O)C(O)CNC(=O)OCC3c4ccccc4-c4ccccc43)ccc2C=N)c1. The molecule has 40 heavy (non-hydrogen) atoms. The molecular formula is C32H30N4O4. The molecule has 4 aromatic carbocycles. The molecule has 8 nitrogen and oxygen atoms in total. The molecule has 2 amide bonds. The van der Waals surface area contributed by atoms with E-state index in [0.29, 0.717) is 16.9 Å². The zero-order valence-corrected chi connectivity index (χ0v) is 22.0. The van der Waals surface area contributed by atoms with Crippen molar-refractivity contribution in [1.82, 2.24) is 5.32 Å². The van der Waals surface area contributed by atoms with Gasteiger partial charge in [-0.05, 0) is 65.1 Å². The maximum atomic E-state index is 12.6. The van der Waals surface area contributed by atoms with Gasteiger partial charge < -0.3 is 31.2 Å². The third kappa shape index (κ3) is 5.87. The number of anilines is 3. The zero-order chi connectivity index (χ0) is 28.1. The maximum Gasteiger partial charge on any atom is 0.407 e. The average Bonchev–Trinajstić information content (AvgIpc) is 3.28. The minimum Gasteiger partial charge on any atom is -0.449 e. The molecule has 1 aliphatic carbocycles. The Morgan fingerprint density at radius 1 is 0.925 bits per heavy atom. The Labute approximate surface area is 232 Å². The number of alkyl carbamates (subject to hydrolysis) is 1. The van der Waals surface area contributed by atoms with Crippen molar-refractivity contribution in [3.05, 3.63) is 113 Å². The molecule has 1 atom stereocenters. The van der Waals surface area contributed by atoms with E-state index in [1.165, 1.54) is 6.21 Å². The van der Waals surface area contributed by atoms with E-state index in [1.54, 1.807) is 18.2 Å². The number of amides is 2. The maximum absolute atomic E-state index is 12.6. The van der Waals surface area contributed by atoms with Crippen molar-refractivity contribution in [3.8, 4) is 11.1 Å². The fourth-order valence-corrected chi connectivity index (χ4v) is 4.89. The normalized spacial score (nSPS) is 12.6. The van der Waals surface area contributed by atoms with Crippen molar-refractivity contribution in [2.75, 3.05) is 23.8 Å². The molecule has 0 aromatic heterocycles. The van der Waals surface area contributed by atoms with Crippen LogP contribution in [0.15, 0.2) is 91.0 Å². The topological polar surface area (TPSA) is 124 Å². The van der Waals surface area contributed by atoms with E-state index < -0.39 is 18.1 Å². The molecule has 0 bridgehead atoms. The van der Waals surface area contributed by atoms with Crippen LogP contribution < -0.4 is 16.0 Å². The number of aliphatic hydroxyl groups is 1. The molecule has 0 aliphatic heterocycles. The van der Waals surface area contributed by atoms with E-state index in [1.807, 2.05) is 67.6 Å². The monoisotopic (exact) mass is 534 g/mol. The molecule has 5 rings (SSSR count). The van der Waals surface area contributed by atoms with Gasteiger partial charge in [0.25, 0.3) is 5.91 Å². The minimum atomic E-state index is -1.49. The Kier molecular flexibility index (Phi) is 7.89. The van der Waals surface area contributed by atoms with Crippen molar-refractivity contribution in [3.63, 3.8) is 0 Å². The van der Waals surface area contributed by atoms with Gasteiger partial charge in [-0.3, -0.25) is 4.79 Å². The van der Waals surface area contributed by atoms with Crippen LogP contribution in [0.3, 0.4) is 0 Å². The quantitative estimate of drug-likeness (QED) is 0.180. The Bertz CT molecular complexity index is 1520. The number of fused-ring (bicyclic) bond motifs is 3. The molecule has 0 spiro atoms. The van der Waals surface area contributed by atoms with Gasteiger partial charge in [-0.25, -0.2) is 4.79 Å². The molecule has 202 valence electrons. The first kappa shape index (κ1) is 26.6. The Morgan fingerprint density at radius 2 is 1.62 bits per heavy atom. The average molecular weight is 535 g/mol. The summed E-state index contributed by atoms with van der Waals surface area (Å²) in [5, 5.41) is 26.4. The lowest BCUT2D eigenvalue weighted by molar-refractivity contribution is -0.123. The van der Waals surface area contributed by atoms with E-state index in [0.717, 1.165) is 33.5 Å². The van der Waals surface area contributed by atoms with Gasteiger partial charge in [0.2, 0.25) is 0 Å². The summed E-state index contributed by atoms with van der Waals surface area (Å²) in [4.78, 5) is 25.0. The van der Waals surface area contributed by atoms with Crippen LogP contribution in [-0.2, 0) is 9.53 Å². The van der Waals surface area contributed by atoms with Crippen molar-refractivity contribution < 1.29 is 19.4 Å². The first-order valence-electron chi connectivity index (χ1n) is 13.0. The van der Waals surface area contributed by atoms with Crippen LogP contribution in [-0.4, -0.2) is 42.6 Å². The number of hydrogen-bond acceptors (Lipinski definition) is 6. The predicted molar refractivity (Wildman–Crippen MR) is 156 cm³/mol. The molecule has 1 aliphatic rings. The van der Waals surface area contributed by atoms with Gasteiger partial charge in [0.1, 0.15) is 12.7 Å². The third-order valence-corrected chi connectivity index (χ3v) is 6.86. The molecule has 0 heterocycles. The largest absolute Gasteiger partial charge is 0.449 e. The van der Waals surface area contributed by atoms with Gasteiger partial charge in [-0.15, -0.1) is 0 Å². The van der Waals surface area contributed by atoms with E-state index in [2.05, 4.69) is 28.1 Å². The van der Waals surface area contributed by atoms with Gasteiger partial charge >= 0.3 is 6.09 Å². The molecule has 8 heteroatoms. The highest BCUT2D eigenvalue weighted by Gasteiger charge is 2.29. The summed E-state index contributed by atoms with van der Waals surface area (Å²) in [5.74, 6) is -0.763. The predicted octanol–water partition coefficient (Wildman–Crippen LogP) is 5.57. The highest BCUT2D eigenvalue weighted by Crippen LogP contribution is 2.44. The van der Waals surface area contributed by atoms with E-state index >= 15 is 0 Å². The smallest absolute Gasteiger partial charge is 0.407 e. The summed E-state index contributed by atoms with van der Waals surface area (Å²) < 4.78 is 5.47. The number of aliphatic hydroxyl groups excluding tert-OH is 1. The van der Waals surface area contributed by atoms with E-state index in [4.69, 9.17) is 10.1 Å². The molecule has 4 aromatic rings.